The van der Waals surface area contributed by atoms with Crippen molar-refractivity contribution >= 4 is 66.9 Å². The van der Waals surface area contributed by atoms with Crippen molar-refractivity contribution in [2.24, 2.45) is 0 Å². The molecule has 0 saturated heterocycles. The number of nitrogens with zero attached hydrogens (tertiary/aromatic N) is 2. The fourth-order valence-electron chi connectivity index (χ4n) is 12.3. The second-order valence-corrected chi connectivity index (χ2v) is 25.2. The van der Waals surface area contributed by atoms with E-state index >= 15 is 0 Å². The average Bonchev–Trinajstić information content (AvgIpc) is 4.19. The Morgan fingerprint density at radius 2 is 0.985 bits per heavy atom. The SMILES string of the molecule is CCCCCCCCCCCCCCCCCC1(CCCCCCCCCCCCCCCCC)c2cc(C)sc2-c2ccc3c4c(sc3c21)-c1sc(-c2ccc(C)c3nsnc23)cc1C4C. The minimum absolute atomic E-state index is 0.123. The predicted octanol–water partition coefficient (Wildman–Crippen LogP) is 22.2. The van der Waals surface area contributed by atoms with Crippen molar-refractivity contribution in [1.29, 1.82) is 0 Å². The zero-order valence-corrected chi connectivity index (χ0v) is 46.0. The maximum atomic E-state index is 4.79. The van der Waals surface area contributed by atoms with E-state index in [9.17, 15) is 0 Å². The summed E-state index contributed by atoms with van der Waals surface area (Å²) < 4.78 is 11.1. The van der Waals surface area contributed by atoms with E-state index in [4.69, 9.17) is 4.37 Å². The molecule has 1 atom stereocenters. The monoisotopic (exact) mass is 975 g/mol. The summed E-state index contributed by atoms with van der Waals surface area (Å²) in [6, 6.07) is 14.8. The van der Waals surface area contributed by atoms with Crippen molar-refractivity contribution < 1.29 is 0 Å². The fourth-order valence-corrected chi connectivity index (χ4v) is 17.0. The van der Waals surface area contributed by atoms with Crippen LogP contribution in [0.2, 0.25) is 0 Å². The summed E-state index contributed by atoms with van der Waals surface area (Å²) in [6.45, 7) is 11.6. The Morgan fingerprint density at radius 3 is 1.52 bits per heavy atom. The molecule has 2 aliphatic carbocycles. The molecule has 6 aromatic rings. The van der Waals surface area contributed by atoms with Crippen molar-refractivity contribution in [3.05, 3.63) is 69.1 Å². The first-order chi connectivity index (χ1) is 33.0. The quantitative estimate of drug-likeness (QED) is 0.0384. The molecule has 8 rings (SSSR count). The Labute approximate surface area is 423 Å². The fraction of sp³-hybridized carbons (Fsp3) is 0.639. The molecule has 0 spiro atoms. The summed E-state index contributed by atoms with van der Waals surface area (Å²) in [5.74, 6) is 0.398. The molecule has 6 heteroatoms. The van der Waals surface area contributed by atoms with E-state index < -0.39 is 0 Å². The Bertz CT molecular complexity index is 2400. The van der Waals surface area contributed by atoms with Crippen LogP contribution < -0.4 is 0 Å². The maximum Gasteiger partial charge on any atom is 0.113 e. The zero-order chi connectivity index (χ0) is 46.4. The Morgan fingerprint density at radius 1 is 0.493 bits per heavy atom. The molecular weight excluding hydrogens is 889 g/mol. The highest BCUT2D eigenvalue weighted by molar-refractivity contribution is 7.28. The van der Waals surface area contributed by atoms with Gasteiger partial charge in [-0.25, -0.2) is 0 Å². The molecule has 0 amide bonds. The predicted molar refractivity (Wildman–Crippen MR) is 302 cm³/mol. The van der Waals surface area contributed by atoms with Crippen molar-refractivity contribution in [3.63, 3.8) is 0 Å². The zero-order valence-electron chi connectivity index (χ0n) is 42.7. The van der Waals surface area contributed by atoms with Gasteiger partial charge in [-0.15, -0.1) is 34.0 Å². The van der Waals surface area contributed by atoms with Gasteiger partial charge in [-0.05, 0) is 77.6 Å². The van der Waals surface area contributed by atoms with Gasteiger partial charge < -0.3 is 0 Å². The Hall–Kier alpha value is -2.38. The van der Waals surface area contributed by atoms with Crippen molar-refractivity contribution in [2.75, 3.05) is 0 Å². The van der Waals surface area contributed by atoms with Crippen LogP contribution in [0, 0.1) is 13.8 Å². The van der Waals surface area contributed by atoms with Gasteiger partial charge in [0.05, 0.1) is 11.7 Å². The molecule has 0 bridgehead atoms. The van der Waals surface area contributed by atoms with Crippen LogP contribution in [0.3, 0.4) is 0 Å². The van der Waals surface area contributed by atoms with Crippen LogP contribution in [0.25, 0.3) is 51.8 Å². The number of hydrogen-bond acceptors (Lipinski definition) is 6. The van der Waals surface area contributed by atoms with Gasteiger partial charge in [-0.2, -0.15) is 8.75 Å². The summed E-state index contributed by atoms with van der Waals surface area (Å²) in [7, 11) is 0. The average molecular weight is 976 g/mol. The molecule has 0 N–H and O–H groups in total. The molecule has 0 aliphatic heterocycles. The van der Waals surface area contributed by atoms with Crippen LogP contribution in [-0.2, 0) is 5.41 Å². The van der Waals surface area contributed by atoms with Gasteiger partial charge in [0.25, 0.3) is 0 Å². The lowest BCUT2D eigenvalue weighted by Crippen LogP contribution is -2.25. The number of unbranched alkanes of at least 4 members (excludes halogenated alkanes) is 28. The van der Waals surface area contributed by atoms with Crippen LogP contribution >= 0.6 is 45.7 Å². The number of rotatable bonds is 33. The molecule has 0 fully saturated rings. The molecule has 364 valence electrons. The third-order valence-corrected chi connectivity index (χ3v) is 20.4. The second kappa shape index (κ2) is 25.7. The molecule has 2 aromatic carbocycles. The summed E-state index contributed by atoms with van der Waals surface area (Å²) >= 11 is 7.57. The van der Waals surface area contributed by atoms with E-state index in [1.807, 2.05) is 11.3 Å². The third kappa shape index (κ3) is 12.0. The van der Waals surface area contributed by atoms with Crippen molar-refractivity contribution in [1.82, 2.24) is 8.75 Å². The number of benzene rings is 2. The lowest BCUT2D eigenvalue weighted by Gasteiger charge is -2.33. The molecule has 0 saturated carbocycles. The van der Waals surface area contributed by atoms with Crippen LogP contribution in [0.1, 0.15) is 265 Å². The Balaban J connectivity index is 0.949. The Kier molecular flexibility index (Phi) is 19.5. The van der Waals surface area contributed by atoms with E-state index in [0.717, 1.165) is 11.0 Å². The summed E-state index contributed by atoms with van der Waals surface area (Å²) in [4.78, 5) is 7.48. The standard InChI is InChI=1S/C61H86N2S4/c1-6-8-10-12-14-16-18-20-22-24-26-28-30-32-34-40-61(41-35-33-31-29-27-25-23-21-19-17-15-13-11-9-7-2)51-42-45(4)64-57(51)49-39-38-48-53-46(5)50-43-52(65-59(50)60(53)66-58(48)54(49)61)47-37-36-44(3)55-56(47)63-67-62-55/h36-39,42-43,46H,6-35,40-41H2,1-5H3. The van der Waals surface area contributed by atoms with E-state index in [1.165, 1.54) is 249 Å². The second-order valence-electron chi connectivity index (χ2n) is 21.3. The van der Waals surface area contributed by atoms with Crippen molar-refractivity contribution in [2.45, 2.75) is 251 Å². The van der Waals surface area contributed by atoms with E-state index in [-0.39, 0.29) is 5.41 Å². The van der Waals surface area contributed by atoms with Crippen LogP contribution in [-0.4, -0.2) is 8.75 Å². The molecule has 2 nitrogen and oxygen atoms in total. The molecule has 4 aromatic heterocycles. The van der Waals surface area contributed by atoms with E-state index in [1.54, 1.807) is 42.1 Å². The molecule has 0 radical (unpaired) electrons. The lowest BCUT2D eigenvalue weighted by molar-refractivity contribution is 0.399. The summed E-state index contributed by atoms with van der Waals surface area (Å²) in [6.07, 6.45) is 45.3. The highest BCUT2D eigenvalue weighted by Crippen LogP contribution is 2.63. The molecule has 67 heavy (non-hydrogen) atoms. The first-order valence-electron chi connectivity index (χ1n) is 28.0. The number of hydrogen-bond donors (Lipinski definition) is 0. The van der Waals surface area contributed by atoms with Gasteiger partial charge in [0.1, 0.15) is 11.0 Å². The summed E-state index contributed by atoms with van der Waals surface area (Å²) in [5.41, 5.74) is 12.8. The van der Waals surface area contributed by atoms with Crippen molar-refractivity contribution in [3.8, 4) is 30.6 Å². The van der Waals surface area contributed by atoms with Crippen LogP contribution in [0.15, 0.2) is 36.4 Å². The van der Waals surface area contributed by atoms with Gasteiger partial charge >= 0.3 is 0 Å². The molecule has 4 heterocycles. The first kappa shape index (κ1) is 51.0. The van der Waals surface area contributed by atoms with Crippen LogP contribution in [0.5, 0.6) is 0 Å². The number of aryl methyl sites for hydroxylation is 2. The number of fused-ring (bicyclic) bond motifs is 10. The molecular formula is C61H86N2S4. The minimum atomic E-state index is 0.123. The van der Waals surface area contributed by atoms with Gasteiger partial charge in [-0.3, -0.25) is 0 Å². The van der Waals surface area contributed by atoms with Gasteiger partial charge in [-0.1, -0.05) is 238 Å². The highest BCUT2D eigenvalue weighted by atomic mass is 32.1. The highest BCUT2D eigenvalue weighted by Gasteiger charge is 2.46. The van der Waals surface area contributed by atoms with Gasteiger partial charge in [0, 0.05) is 46.0 Å². The van der Waals surface area contributed by atoms with Crippen LogP contribution in [0.4, 0.5) is 0 Å². The smallest absolute Gasteiger partial charge is 0.113 e. The molecule has 1 unspecified atom stereocenters. The van der Waals surface area contributed by atoms with E-state index in [2.05, 4.69) is 98.1 Å². The third-order valence-electron chi connectivity index (χ3n) is 16.2. The largest absolute Gasteiger partial charge is 0.173 e. The maximum absolute atomic E-state index is 4.79. The normalized spacial score (nSPS) is 14.7. The first-order valence-corrected chi connectivity index (χ1v) is 31.2. The van der Waals surface area contributed by atoms with E-state index in [0.29, 0.717) is 5.92 Å². The number of thiophene rings is 3. The van der Waals surface area contributed by atoms with Gasteiger partial charge in [0.2, 0.25) is 0 Å². The number of aromatic nitrogens is 2. The van der Waals surface area contributed by atoms with Gasteiger partial charge in [0.15, 0.2) is 0 Å². The lowest BCUT2D eigenvalue weighted by atomic mass is 9.70. The topological polar surface area (TPSA) is 25.8 Å². The molecule has 2 aliphatic rings. The summed E-state index contributed by atoms with van der Waals surface area (Å²) in [5, 5.41) is 1.54. The minimum Gasteiger partial charge on any atom is -0.173 e.